The number of amides is 2. The standard InChI is InChI=1S/C14H19N5O3/c1-14(2,3)22-13(21)15-7-6-12(20)16-9-4-5-10-11(8-9)18-19-17-10/h4-5,8H,6-7H2,1-3H3,(H,15,21)(H,16,20)(H,17,18,19). The van der Waals surface area contributed by atoms with Crippen molar-refractivity contribution in [1.29, 1.82) is 0 Å². The minimum Gasteiger partial charge on any atom is -0.444 e. The molecule has 2 aromatic rings. The first-order chi connectivity index (χ1) is 10.3. The zero-order valence-corrected chi connectivity index (χ0v) is 12.8. The summed E-state index contributed by atoms with van der Waals surface area (Å²) in [6.45, 7) is 5.53. The molecular weight excluding hydrogens is 286 g/mol. The molecule has 8 nitrogen and oxygen atoms in total. The number of carbonyl (C=O) groups excluding carboxylic acids is 2. The molecule has 3 N–H and O–H groups in total. The molecule has 2 rings (SSSR count). The summed E-state index contributed by atoms with van der Waals surface area (Å²) in [5.41, 5.74) is 1.54. The molecule has 0 saturated carbocycles. The number of aromatic nitrogens is 3. The van der Waals surface area contributed by atoms with Crippen LogP contribution in [0.2, 0.25) is 0 Å². The van der Waals surface area contributed by atoms with E-state index in [9.17, 15) is 9.59 Å². The second-order valence-corrected chi connectivity index (χ2v) is 5.77. The van der Waals surface area contributed by atoms with Gasteiger partial charge in [0.15, 0.2) is 0 Å². The number of hydrogen-bond acceptors (Lipinski definition) is 5. The van der Waals surface area contributed by atoms with E-state index in [1.165, 1.54) is 0 Å². The maximum absolute atomic E-state index is 11.8. The van der Waals surface area contributed by atoms with Gasteiger partial charge in [0.2, 0.25) is 5.91 Å². The van der Waals surface area contributed by atoms with Crippen LogP contribution in [-0.4, -0.2) is 39.6 Å². The molecule has 2 amide bonds. The van der Waals surface area contributed by atoms with Crippen LogP contribution in [-0.2, 0) is 9.53 Å². The summed E-state index contributed by atoms with van der Waals surface area (Å²) in [5.74, 6) is -0.209. The van der Waals surface area contributed by atoms with Gasteiger partial charge < -0.3 is 15.4 Å². The third kappa shape index (κ3) is 4.72. The quantitative estimate of drug-likeness (QED) is 0.798. The summed E-state index contributed by atoms with van der Waals surface area (Å²) in [6, 6.07) is 5.25. The summed E-state index contributed by atoms with van der Waals surface area (Å²) in [6.07, 6.45) is -0.389. The van der Waals surface area contributed by atoms with Crippen LogP contribution in [0.15, 0.2) is 18.2 Å². The lowest BCUT2D eigenvalue weighted by Gasteiger charge is -2.19. The van der Waals surface area contributed by atoms with Gasteiger partial charge in [-0.05, 0) is 39.0 Å². The molecule has 0 aliphatic rings. The number of carbonyl (C=O) groups is 2. The van der Waals surface area contributed by atoms with E-state index in [2.05, 4.69) is 26.0 Å². The molecule has 0 bridgehead atoms. The fourth-order valence-corrected chi connectivity index (χ4v) is 1.74. The van der Waals surface area contributed by atoms with Crippen LogP contribution in [0, 0.1) is 0 Å². The normalized spacial score (nSPS) is 11.2. The second-order valence-electron chi connectivity index (χ2n) is 5.77. The molecular formula is C14H19N5O3. The van der Waals surface area contributed by atoms with Crippen LogP contribution in [0.1, 0.15) is 27.2 Å². The molecule has 1 aromatic heterocycles. The van der Waals surface area contributed by atoms with Crippen LogP contribution in [0.25, 0.3) is 11.0 Å². The first-order valence-corrected chi connectivity index (χ1v) is 6.91. The van der Waals surface area contributed by atoms with Crippen LogP contribution in [0.5, 0.6) is 0 Å². The van der Waals surface area contributed by atoms with Gasteiger partial charge in [-0.15, -0.1) is 5.10 Å². The van der Waals surface area contributed by atoms with Gasteiger partial charge >= 0.3 is 6.09 Å². The SMILES string of the molecule is CC(C)(C)OC(=O)NCCC(=O)Nc1ccc2[nH]nnc2c1. The summed E-state index contributed by atoms with van der Waals surface area (Å²) in [5, 5.41) is 15.5. The maximum Gasteiger partial charge on any atom is 0.407 e. The van der Waals surface area contributed by atoms with Gasteiger partial charge in [0, 0.05) is 18.7 Å². The molecule has 0 fully saturated rings. The fraction of sp³-hybridized carbons (Fsp3) is 0.429. The lowest BCUT2D eigenvalue weighted by atomic mass is 10.2. The highest BCUT2D eigenvalue weighted by molar-refractivity contribution is 5.93. The first-order valence-electron chi connectivity index (χ1n) is 6.91. The highest BCUT2D eigenvalue weighted by atomic mass is 16.6. The Labute approximate surface area is 127 Å². The van der Waals surface area contributed by atoms with E-state index in [1.54, 1.807) is 39.0 Å². The number of H-pyrrole nitrogens is 1. The summed E-state index contributed by atoms with van der Waals surface area (Å²) in [4.78, 5) is 23.2. The third-order valence-electron chi connectivity index (χ3n) is 2.63. The predicted molar refractivity (Wildman–Crippen MR) is 81.4 cm³/mol. The molecule has 1 aromatic carbocycles. The molecule has 8 heteroatoms. The van der Waals surface area contributed by atoms with Crippen molar-refractivity contribution in [3.8, 4) is 0 Å². The summed E-state index contributed by atoms with van der Waals surface area (Å²) in [7, 11) is 0. The van der Waals surface area contributed by atoms with Gasteiger partial charge in [0.05, 0.1) is 5.52 Å². The molecule has 0 unspecified atom stereocenters. The van der Waals surface area contributed by atoms with E-state index >= 15 is 0 Å². The number of aromatic amines is 1. The topological polar surface area (TPSA) is 109 Å². The minimum absolute atomic E-state index is 0.149. The molecule has 0 saturated heterocycles. The monoisotopic (exact) mass is 305 g/mol. The number of alkyl carbamates (subject to hydrolysis) is 1. The zero-order chi connectivity index (χ0) is 16.2. The molecule has 0 atom stereocenters. The van der Waals surface area contributed by atoms with E-state index in [4.69, 9.17) is 4.74 Å². The predicted octanol–water partition coefficient (Wildman–Crippen LogP) is 1.81. The first kappa shape index (κ1) is 15.7. The number of benzene rings is 1. The Morgan fingerprint density at radius 3 is 2.82 bits per heavy atom. The van der Waals surface area contributed by atoms with Crippen molar-refractivity contribution in [2.45, 2.75) is 32.8 Å². The Hall–Kier alpha value is -2.64. The Balaban J connectivity index is 1.77. The maximum atomic E-state index is 11.8. The number of fused-ring (bicyclic) bond motifs is 1. The molecule has 0 aliphatic carbocycles. The number of hydrogen-bond donors (Lipinski definition) is 3. The Bertz CT molecular complexity index is 674. The second kappa shape index (κ2) is 6.42. The third-order valence-corrected chi connectivity index (χ3v) is 2.63. The van der Waals surface area contributed by atoms with Crippen LogP contribution < -0.4 is 10.6 Å². The molecule has 0 aliphatic heterocycles. The molecule has 0 radical (unpaired) electrons. The van der Waals surface area contributed by atoms with E-state index in [-0.39, 0.29) is 18.9 Å². The van der Waals surface area contributed by atoms with E-state index < -0.39 is 11.7 Å². The Morgan fingerprint density at radius 2 is 2.09 bits per heavy atom. The Morgan fingerprint density at radius 1 is 1.32 bits per heavy atom. The van der Waals surface area contributed by atoms with Gasteiger partial charge in [0.25, 0.3) is 0 Å². The highest BCUT2D eigenvalue weighted by Crippen LogP contribution is 2.14. The molecule has 22 heavy (non-hydrogen) atoms. The summed E-state index contributed by atoms with van der Waals surface area (Å²) >= 11 is 0. The molecule has 0 spiro atoms. The van der Waals surface area contributed by atoms with Crippen molar-refractivity contribution >= 4 is 28.7 Å². The van der Waals surface area contributed by atoms with Crippen LogP contribution >= 0.6 is 0 Å². The minimum atomic E-state index is -0.556. The smallest absolute Gasteiger partial charge is 0.407 e. The van der Waals surface area contributed by atoms with Crippen molar-refractivity contribution in [1.82, 2.24) is 20.7 Å². The lowest BCUT2D eigenvalue weighted by Crippen LogP contribution is -2.34. The number of nitrogens with one attached hydrogen (secondary N) is 3. The van der Waals surface area contributed by atoms with Gasteiger partial charge in [-0.3, -0.25) is 9.89 Å². The van der Waals surface area contributed by atoms with E-state index in [0.717, 1.165) is 5.52 Å². The number of anilines is 1. The summed E-state index contributed by atoms with van der Waals surface area (Å²) < 4.78 is 5.08. The van der Waals surface area contributed by atoms with Crippen LogP contribution in [0.4, 0.5) is 10.5 Å². The van der Waals surface area contributed by atoms with Gasteiger partial charge in [0.1, 0.15) is 11.1 Å². The van der Waals surface area contributed by atoms with Crippen molar-refractivity contribution in [3.05, 3.63) is 18.2 Å². The number of ether oxygens (including phenoxy) is 1. The zero-order valence-electron chi connectivity index (χ0n) is 12.8. The van der Waals surface area contributed by atoms with Gasteiger partial charge in [-0.25, -0.2) is 4.79 Å². The highest BCUT2D eigenvalue weighted by Gasteiger charge is 2.15. The number of rotatable bonds is 4. The van der Waals surface area contributed by atoms with Gasteiger partial charge in [-0.1, -0.05) is 5.21 Å². The largest absolute Gasteiger partial charge is 0.444 e. The lowest BCUT2D eigenvalue weighted by molar-refractivity contribution is -0.116. The van der Waals surface area contributed by atoms with Crippen molar-refractivity contribution in [2.24, 2.45) is 0 Å². The van der Waals surface area contributed by atoms with E-state index in [1.807, 2.05) is 0 Å². The average molecular weight is 305 g/mol. The molecule has 1 heterocycles. The van der Waals surface area contributed by atoms with E-state index in [0.29, 0.717) is 11.2 Å². The molecule has 118 valence electrons. The van der Waals surface area contributed by atoms with Crippen molar-refractivity contribution in [3.63, 3.8) is 0 Å². The fourth-order valence-electron chi connectivity index (χ4n) is 1.74. The van der Waals surface area contributed by atoms with Gasteiger partial charge in [-0.2, -0.15) is 0 Å². The van der Waals surface area contributed by atoms with Crippen LogP contribution in [0.3, 0.4) is 0 Å². The van der Waals surface area contributed by atoms with Crippen molar-refractivity contribution < 1.29 is 14.3 Å². The number of nitrogens with zero attached hydrogens (tertiary/aromatic N) is 2. The average Bonchev–Trinajstić information content (AvgIpc) is 2.83. The Kier molecular flexibility index (Phi) is 4.59. The van der Waals surface area contributed by atoms with Crippen molar-refractivity contribution in [2.75, 3.05) is 11.9 Å².